The molecule has 1 aromatic carbocycles. The topological polar surface area (TPSA) is 75.0 Å². The summed E-state index contributed by atoms with van der Waals surface area (Å²) in [6.45, 7) is -0.0733. The van der Waals surface area contributed by atoms with Crippen LogP contribution < -0.4 is 10.1 Å². The Labute approximate surface area is 145 Å². The SMILES string of the molecule is N#Cc1ccc(OCC(=O)Nc2nc3c(s2)CCCCCC3)cc1. The minimum Gasteiger partial charge on any atom is -0.484 e. The Morgan fingerprint density at radius 1 is 1.21 bits per heavy atom. The minimum absolute atomic E-state index is 0.0733. The predicted molar refractivity (Wildman–Crippen MR) is 93.3 cm³/mol. The van der Waals surface area contributed by atoms with Crippen molar-refractivity contribution in [3.63, 3.8) is 0 Å². The number of thiazole rings is 1. The van der Waals surface area contributed by atoms with Gasteiger partial charge in [-0.25, -0.2) is 4.98 Å². The number of benzene rings is 1. The molecular weight excluding hydrogens is 322 g/mol. The molecule has 0 fully saturated rings. The molecule has 1 amide bonds. The number of hydrogen-bond acceptors (Lipinski definition) is 5. The summed E-state index contributed by atoms with van der Waals surface area (Å²) >= 11 is 1.58. The molecule has 0 aliphatic heterocycles. The Balaban J connectivity index is 1.54. The monoisotopic (exact) mass is 341 g/mol. The fourth-order valence-electron chi connectivity index (χ4n) is 2.69. The molecule has 6 heteroatoms. The molecule has 5 nitrogen and oxygen atoms in total. The molecule has 0 unspecified atom stereocenters. The third-order valence-corrected chi connectivity index (χ3v) is 5.02. The van der Waals surface area contributed by atoms with E-state index in [0.29, 0.717) is 16.4 Å². The molecule has 1 aromatic heterocycles. The van der Waals surface area contributed by atoms with E-state index in [4.69, 9.17) is 10.00 Å². The maximum absolute atomic E-state index is 12.0. The summed E-state index contributed by atoms with van der Waals surface area (Å²) in [4.78, 5) is 17.9. The Bertz CT molecular complexity index is 721. The van der Waals surface area contributed by atoms with Crippen molar-refractivity contribution in [3.05, 3.63) is 40.4 Å². The Morgan fingerprint density at radius 3 is 2.71 bits per heavy atom. The van der Waals surface area contributed by atoms with Crippen molar-refractivity contribution >= 4 is 22.4 Å². The third-order valence-electron chi connectivity index (χ3n) is 3.95. The second-order valence-electron chi connectivity index (χ2n) is 5.78. The molecule has 2 aromatic rings. The zero-order chi connectivity index (χ0) is 16.8. The van der Waals surface area contributed by atoms with Gasteiger partial charge in [-0.15, -0.1) is 11.3 Å². The van der Waals surface area contributed by atoms with E-state index >= 15 is 0 Å². The fraction of sp³-hybridized carbons (Fsp3) is 0.389. The van der Waals surface area contributed by atoms with Gasteiger partial charge in [-0.1, -0.05) is 12.8 Å². The lowest BCUT2D eigenvalue weighted by atomic mass is 10.0. The number of nitrogens with one attached hydrogen (secondary N) is 1. The van der Waals surface area contributed by atoms with Gasteiger partial charge in [0.15, 0.2) is 11.7 Å². The van der Waals surface area contributed by atoms with Gasteiger partial charge in [0.2, 0.25) is 0 Å². The highest BCUT2D eigenvalue weighted by Crippen LogP contribution is 2.28. The highest BCUT2D eigenvalue weighted by Gasteiger charge is 2.15. The highest BCUT2D eigenvalue weighted by molar-refractivity contribution is 7.15. The number of aromatic nitrogens is 1. The molecule has 0 spiro atoms. The quantitative estimate of drug-likeness (QED) is 0.920. The molecule has 1 N–H and O–H groups in total. The van der Waals surface area contributed by atoms with Gasteiger partial charge < -0.3 is 4.74 Å². The molecule has 1 aliphatic carbocycles. The molecule has 3 rings (SSSR count). The lowest BCUT2D eigenvalue weighted by Gasteiger charge is -2.06. The van der Waals surface area contributed by atoms with Crippen LogP contribution in [0, 0.1) is 11.3 Å². The maximum atomic E-state index is 12.0. The molecule has 0 radical (unpaired) electrons. The summed E-state index contributed by atoms with van der Waals surface area (Å²) in [5.41, 5.74) is 1.70. The third kappa shape index (κ3) is 4.33. The van der Waals surface area contributed by atoms with Crippen LogP contribution in [0.4, 0.5) is 5.13 Å². The van der Waals surface area contributed by atoms with Crippen molar-refractivity contribution in [2.45, 2.75) is 38.5 Å². The van der Waals surface area contributed by atoms with Gasteiger partial charge >= 0.3 is 0 Å². The Hall–Kier alpha value is -2.39. The zero-order valence-corrected chi connectivity index (χ0v) is 14.2. The van der Waals surface area contributed by atoms with E-state index in [1.165, 1.54) is 30.6 Å². The largest absolute Gasteiger partial charge is 0.484 e. The van der Waals surface area contributed by atoms with E-state index < -0.39 is 0 Å². The fourth-order valence-corrected chi connectivity index (χ4v) is 3.75. The normalized spacial score (nSPS) is 14.0. The van der Waals surface area contributed by atoms with Crippen molar-refractivity contribution in [1.29, 1.82) is 5.26 Å². The van der Waals surface area contributed by atoms with Crippen LogP contribution in [-0.4, -0.2) is 17.5 Å². The number of anilines is 1. The van der Waals surface area contributed by atoms with Crippen molar-refractivity contribution in [2.24, 2.45) is 0 Å². The number of nitrogens with zero attached hydrogens (tertiary/aromatic N) is 2. The van der Waals surface area contributed by atoms with Crippen LogP contribution in [0.15, 0.2) is 24.3 Å². The lowest BCUT2D eigenvalue weighted by molar-refractivity contribution is -0.118. The number of amides is 1. The van der Waals surface area contributed by atoms with Gasteiger partial charge in [0.1, 0.15) is 5.75 Å². The summed E-state index contributed by atoms with van der Waals surface area (Å²) in [6, 6.07) is 8.73. The molecular formula is C18H19N3O2S. The van der Waals surface area contributed by atoms with Gasteiger partial charge in [-0.3, -0.25) is 10.1 Å². The molecule has 0 bridgehead atoms. The van der Waals surface area contributed by atoms with Crippen molar-refractivity contribution in [2.75, 3.05) is 11.9 Å². The van der Waals surface area contributed by atoms with Gasteiger partial charge in [0, 0.05) is 4.88 Å². The summed E-state index contributed by atoms with van der Waals surface area (Å²) in [6.07, 6.45) is 6.97. The highest BCUT2D eigenvalue weighted by atomic mass is 32.1. The molecule has 0 atom stereocenters. The number of nitriles is 1. The average Bonchev–Trinajstić information content (AvgIpc) is 2.94. The summed E-state index contributed by atoms with van der Waals surface area (Å²) in [7, 11) is 0. The summed E-state index contributed by atoms with van der Waals surface area (Å²) < 4.78 is 5.44. The van der Waals surface area contributed by atoms with Gasteiger partial charge in [0.25, 0.3) is 5.91 Å². The number of fused-ring (bicyclic) bond motifs is 1. The number of hydrogen-bond donors (Lipinski definition) is 1. The van der Waals surface area contributed by atoms with Crippen LogP contribution in [-0.2, 0) is 17.6 Å². The molecule has 1 heterocycles. The molecule has 1 aliphatic rings. The second-order valence-corrected chi connectivity index (χ2v) is 6.86. The van der Waals surface area contributed by atoms with Crippen molar-refractivity contribution in [3.8, 4) is 11.8 Å². The number of carbonyl (C=O) groups excluding carboxylic acids is 1. The van der Waals surface area contributed by atoms with E-state index in [2.05, 4.69) is 10.3 Å². The van der Waals surface area contributed by atoms with E-state index in [9.17, 15) is 4.79 Å². The van der Waals surface area contributed by atoms with E-state index in [0.717, 1.165) is 18.5 Å². The van der Waals surface area contributed by atoms with Crippen LogP contribution in [0.3, 0.4) is 0 Å². The van der Waals surface area contributed by atoms with Gasteiger partial charge in [0.05, 0.1) is 17.3 Å². The first kappa shape index (κ1) is 16.5. The number of rotatable bonds is 4. The Morgan fingerprint density at radius 2 is 1.96 bits per heavy atom. The first-order valence-corrected chi connectivity index (χ1v) is 8.97. The van der Waals surface area contributed by atoms with E-state index in [-0.39, 0.29) is 12.5 Å². The van der Waals surface area contributed by atoms with Crippen LogP contribution in [0.2, 0.25) is 0 Å². The average molecular weight is 341 g/mol. The van der Waals surface area contributed by atoms with Crippen LogP contribution in [0.5, 0.6) is 5.75 Å². The number of aryl methyl sites for hydroxylation is 2. The van der Waals surface area contributed by atoms with Crippen molar-refractivity contribution < 1.29 is 9.53 Å². The maximum Gasteiger partial charge on any atom is 0.264 e. The van der Waals surface area contributed by atoms with Crippen LogP contribution in [0.1, 0.15) is 41.8 Å². The number of ether oxygens (including phenoxy) is 1. The lowest BCUT2D eigenvalue weighted by Crippen LogP contribution is -2.20. The predicted octanol–water partition coefficient (Wildman–Crippen LogP) is 3.69. The second kappa shape index (κ2) is 7.93. The van der Waals surface area contributed by atoms with Crippen LogP contribution in [0.25, 0.3) is 0 Å². The van der Waals surface area contributed by atoms with Gasteiger partial charge in [-0.2, -0.15) is 5.26 Å². The molecule has 124 valence electrons. The van der Waals surface area contributed by atoms with Gasteiger partial charge in [-0.05, 0) is 49.9 Å². The van der Waals surface area contributed by atoms with E-state index in [1.54, 1.807) is 35.6 Å². The minimum atomic E-state index is -0.221. The summed E-state index contributed by atoms with van der Waals surface area (Å²) in [5, 5.41) is 12.2. The summed E-state index contributed by atoms with van der Waals surface area (Å²) in [5.74, 6) is 0.344. The first-order valence-electron chi connectivity index (χ1n) is 8.16. The standard InChI is InChI=1S/C18H19N3O2S/c19-11-13-7-9-14(10-8-13)23-12-17(22)21-18-20-15-5-3-1-2-4-6-16(15)24-18/h7-10H,1-6,12H2,(H,20,21,22). The van der Waals surface area contributed by atoms with E-state index in [1.807, 2.05) is 6.07 Å². The Kier molecular flexibility index (Phi) is 5.44. The smallest absolute Gasteiger partial charge is 0.264 e. The van der Waals surface area contributed by atoms with Crippen LogP contribution >= 0.6 is 11.3 Å². The molecule has 24 heavy (non-hydrogen) atoms. The molecule has 0 saturated heterocycles. The zero-order valence-electron chi connectivity index (χ0n) is 13.4. The first-order chi connectivity index (χ1) is 11.7. The van der Waals surface area contributed by atoms with Crippen molar-refractivity contribution in [1.82, 2.24) is 4.98 Å². The molecule has 0 saturated carbocycles. The number of carbonyl (C=O) groups is 1.